The van der Waals surface area contributed by atoms with E-state index in [9.17, 15) is 14.7 Å². The van der Waals surface area contributed by atoms with Crippen molar-refractivity contribution in [3.63, 3.8) is 0 Å². The summed E-state index contributed by atoms with van der Waals surface area (Å²) >= 11 is 0. The molecule has 5 rings (SSSR count). The molecule has 1 saturated carbocycles. The number of aliphatic hydroxyl groups is 1. The van der Waals surface area contributed by atoms with Crippen molar-refractivity contribution in [3.05, 3.63) is 82.2 Å². The van der Waals surface area contributed by atoms with E-state index >= 15 is 0 Å². The Hall–Kier alpha value is -4.30. The minimum Gasteiger partial charge on any atom is -0.497 e. The lowest BCUT2D eigenvalue weighted by Gasteiger charge is -2.27. The van der Waals surface area contributed by atoms with Gasteiger partial charge in [-0.05, 0) is 80.3 Å². The van der Waals surface area contributed by atoms with Gasteiger partial charge in [-0.1, -0.05) is 12.1 Å². The lowest BCUT2D eigenvalue weighted by atomic mass is 9.95. The molecule has 1 fully saturated rings. The molecule has 2 N–H and O–H groups in total. The summed E-state index contributed by atoms with van der Waals surface area (Å²) < 4.78 is 22.6. The van der Waals surface area contributed by atoms with Crippen LogP contribution < -0.4 is 25.2 Å². The molecular weight excluding hydrogens is 498 g/mol. The molecule has 0 spiro atoms. The van der Waals surface area contributed by atoms with Gasteiger partial charge in [-0.25, -0.2) is 4.79 Å². The zero-order chi connectivity index (χ0) is 27.5. The summed E-state index contributed by atoms with van der Waals surface area (Å²) in [4.78, 5) is 26.0. The van der Waals surface area contributed by atoms with Crippen molar-refractivity contribution in [2.24, 2.45) is 0 Å². The number of ether oxygens (including phenoxy) is 3. The minimum absolute atomic E-state index is 0.0368. The van der Waals surface area contributed by atoms with Crippen molar-refractivity contribution in [1.29, 1.82) is 0 Å². The number of fused-ring (bicyclic) bond motifs is 1. The Balaban J connectivity index is 1.40. The largest absolute Gasteiger partial charge is 0.497 e. The molecule has 1 aliphatic rings. The average Bonchev–Trinajstić information content (AvgIpc) is 2.95. The van der Waals surface area contributed by atoms with Crippen LogP contribution in [0.15, 0.2) is 69.9 Å². The third-order valence-electron chi connectivity index (χ3n) is 7.08. The van der Waals surface area contributed by atoms with Gasteiger partial charge in [0.05, 0.1) is 20.3 Å². The van der Waals surface area contributed by atoms with Crippen LogP contribution in [0.2, 0.25) is 0 Å². The molecule has 0 bridgehead atoms. The first kappa shape index (κ1) is 26.3. The second kappa shape index (κ2) is 11.2. The number of amides is 1. The van der Waals surface area contributed by atoms with Crippen molar-refractivity contribution < 1.29 is 28.5 Å². The normalized spacial score (nSPS) is 17.0. The van der Waals surface area contributed by atoms with Crippen LogP contribution in [0, 0.1) is 6.92 Å². The van der Waals surface area contributed by atoms with Crippen LogP contribution >= 0.6 is 0 Å². The highest BCUT2D eigenvalue weighted by molar-refractivity contribution is 6.05. The number of aryl methyl sites for hydroxylation is 1. The van der Waals surface area contributed by atoms with E-state index in [0.29, 0.717) is 51.3 Å². The second-order valence-electron chi connectivity index (χ2n) is 9.72. The van der Waals surface area contributed by atoms with E-state index in [1.54, 1.807) is 44.6 Å². The molecule has 3 aromatic carbocycles. The molecule has 1 heterocycles. The molecule has 4 aromatic rings. The van der Waals surface area contributed by atoms with Crippen LogP contribution in [0.4, 0.5) is 5.69 Å². The van der Waals surface area contributed by atoms with Crippen LogP contribution in [0.1, 0.15) is 41.6 Å². The number of carbonyl (C=O) groups excluding carboxylic acids is 1. The van der Waals surface area contributed by atoms with Crippen LogP contribution in [-0.4, -0.2) is 37.4 Å². The van der Waals surface area contributed by atoms with Crippen LogP contribution in [-0.2, 0) is 0 Å². The van der Waals surface area contributed by atoms with E-state index in [-0.39, 0.29) is 17.9 Å². The predicted molar refractivity (Wildman–Crippen MR) is 149 cm³/mol. The summed E-state index contributed by atoms with van der Waals surface area (Å²) in [6.07, 6.45) is 2.71. The number of benzene rings is 3. The summed E-state index contributed by atoms with van der Waals surface area (Å²) in [7, 11) is 3.16. The van der Waals surface area contributed by atoms with Gasteiger partial charge in [0.25, 0.3) is 5.91 Å². The molecule has 8 heteroatoms. The lowest BCUT2D eigenvalue weighted by Crippen LogP contribution is -2.28. The summed E-state index contributed by atoms with van der Waals surface area (Å²) in [6.45, 7) is 1.83. The van der Waals surface area contributed by atoms with E-state index < -0.39 is 11.5 Å². The van der Waals surface area contributed by atoms with Gasteiger partial charge in [0, 0.05) is 28.5 Å². The van der Waals surface area contributed by atoms with Gasteiger partial charge in [0.15, 0.2) is 0 Å². The van der Waals surface area contributed by atoms with Crippen molar-refractivity contribution in [3.8, 4) is 28.4 Å². The van der Waals surface area contributed by atoms with E-state index in [0.717, 1.165) is 24.8 Å². The zero-order valence-corrected chi connectivity index (χ0v) is 22.2. The number of anilines is 1. The summed E-state index contributed by atoms with van der Waals surface area (Å²) in [5.41, 5.74) is 2.35. The van der Waals surface area contributed by atoms with Crippen molar-refractivity contribution in [2.45, 2.75) is 44.8 Å². The molecule has 8 nitrogen and oxygen atoms in total. The number of hydrogen-bond acceptors (Lipinski definition) is 7. The zero-order valence-electron chi connectivity index (χ0n) is 22.2. The van der Waals surface area contributed by atoms with Crippen LogP contribution in [0.3, 0.4) is 0 Å². The monoisotopic (exact) mass is 529 g/mol. The van der Waals surface area contributed by atoms with Gasteiger partial charge < -0.3 is 29.1 Å². The molecule has 2 unspecified atom stereocenters. The Morgan fingerprint density at radius 2 is 1.82 bits per heavy atom. The van der Waals surface area contributed by atoms with Crippen molar-refractivity contribution >= 4 is 22.6 Å². The van der Waals surface area contributed by atoms with Gasteiger partial charge in [0.1, 0.15) is 34.6 Å². The molecule has 39 heavy (non-hydrogen) atoms. The first-order valence-electron chi connectivity index (χ1n) is 12.9. The number of rotatable bonds is 7. The molecule has 0 radical (unpaired) electrons. The SMILES string of the molecule is COc1cccc(-c2cc(C(=O)Nc3cc4ccc(OC5CCCC(O)C5)c(C)c4oc3=O)ccc2OC)c1. The fourth-order valence-corrected chi connectivity index (χ4v) is 4.99. The van der Waals surface area contributed by atoms with E-state index in [4.69, 9.17) is 18.6 Å². The molecule has 1 aromatic heterocycles. The Morgan fingerprint density at radius 3 is 2.59 bits per heavy atom. The molecule has 0 saturated heterocycles. The van der Waals surface area contributed by atoms with Crippen molar-refractivity contribution in [1.82, 2.24) is 0 Å². The first-order valence-corrected chi connectivity index (χ1v) is 12.9. The van der Waals surface area contributed by atoms with Gasteiger partial charge >= 0.3 is 5.63 Å². The number of methoxy groups -OCH3 is 2. The molecule has 202 valence electrons. The number of aliphatic hydroxyl groups excluding tert-OH is 1. The van der Waals surface area contributed by atoms with Gasteiger partial charge in [-0.3, -0.25) is 4.79 Å². The van der Waals surface area contributed by atoms with Gasteiger partial charge in [-0.2, -0.15) is 0 Å². The van der Waals surface area contributed by atoms with E-state index in [2.05, 4.69) is 5.32 Å². The highest BCUT2D eigenvalue weighted by atomic mass is 16.5. The van der Waals surface area contributed by atoms with Crippen molar-refractivity contribution in [2.75, 3.05) is 19.5 Å². The Kier molecular flexibility index (Phi) is 7.56. The second-order valence-corrected chi connectivity index (χ2v) is 9.72. The van der Waals surface area contributed by atoms with Gasteiger partial charge in [-0.15, -0.1) is 0 Å². The molecular formula is C31H31NO7. The molecule has 1 amide bonds. The minimum atomic E-state index is -0.661. The smallest absolute Gasteiger partial charge is 0.360 e. The highest BCUT2D eigenvalue weighted by Gasteiger charge is 2.23. The predicted octanol–water partition coefficient (Wildman–Crippen LogP) is 5.72. The first-order chi connectivity index (χ1) is 18.9. The van der Waals surface area contributed by atoms with Crippen LogP contribution in [0.5, 0.6) is 17.2 Å². The quantitative estimate of drug-likeness (QED) is 0.295. The Morgan fingerprint density at radius 1 is 1.00 bits per heavy atom. The standard InChI is InChI=1S/C31H31NO7/c1-18-27(38-24-9-5-7-22(33)17-24)12-10-20-16-26(31(35)39-29(18)20)32-30(34)21-11-13-28(37-3)25(15-21)19-6-4-8-23(14-19)36-2/h4,6,8,10-16,22,24,33H,5,7,9,17H2,1-3H3,(H,32,34). The summed E-state index contributed by atoms with van der Waals surface area (Å²) in [6, 6.07) is 17.7. The highest BCUT2D eigenvalue weighted by Crippen LogP contribution is 2.34. The lowest BCUT2D eigenvalue weighted by molar-refractivity contribution is 0.0533. The fourth-order valence-electron chi connectivity index (χ4n) is 4.99. The van der Waals surface area contributed by atoms with E-state index in [1.807, 2.05) is 37.3 Å². The number of hydrogen-bond donors (Lipinski definition) is 2. The van der Waals surface area contributed by atoms with Gasteiger partial charge in [0.2, 0.25) is 0 Å². The van der Waals surface area contributed by atoms with Crippen LogP contribution in [0.25, 0.3) is 22.1 Å². The third-order valence-corrected chi connectivity index (χ3v) is 7.08. The average molecular weight is 530 g/mol. The molecule has 0 aliphatic heterocycles. The topological polar surface area (TPSA) is 107 Å². The maximum Gasteiger partial charge on any atom is 0.360 e. The number of carbonyl (C=O) groups is 1. The number of nitrogens with one attached hydrogen (secondary N) is 1. The third kappa shape index (κ3) is 5.61. The summed E-state index contributed by atoms with van der Waals surface area (Å²) in [5.74, 6) is 1.44. The fraction of sp³-hybridized carbons (Fsp3) is 0.290. The summed E-state index contributed by atoms with van der Waals surface area (Å²) in [5, 5.41) is 13.3. The molecule has 1 aliphatic carbocycles. The maximum atomic E-state index is 13.2. The Bertz CT molecular complexity index is 1580. The van der Waals surface area contributed by atoms with E-state index in [1.165, 1.54) is 0 Å². The molecule has 2 atom stereocenters. The maximum absolute atomic E-state index is 13.2. The Labute approximate surface area is 226 Å².